The average Bonchev–Trinajstić information content (AvgIpc) is 3.43. The van der Waals surface area contributed by atoms with Gasteiger partial charge in [0.15, 0.2) is 0 Å². The molecular weight excluding hydrogens is 513 g/mol. The summed E-state index contributed by atoms with van der Waals surface area (Å²) in [6.07, 6.45) is 6.84. The number of nitrogens with zero attached hydrogens (tertiary/aromatic N) is 3. The van der Waals surface area contributed by atoms with Gasteiger partial charge in [0.1, 0.15) is 17.2 Å². The van der Waals surface area contributed by atoms with Crippen LogP contribution in [0.3, 0.4) is 0 Å². The molecule has 10 heteroatoms. The quantitative estimate of drug-likeness (QED) is 0.340. The van der Waals surface area contributed by atoms with Crippen LogP contribution in [0.1, 0.15) is 45.5 Å². The normalized spacial score (nSPS) is 15.5. The van der Waals surface area contributed by atoms with E-state index in [1.807, 2.05) is 0 Å². The van der Waals surface area contributed by atoms with Gasteiger partial charge in [0, 0.05) is 67.9 Å². The number of phenolic OH excluding ortho intramolecular Hbond substituents is 1. The van der Waals surface area contributed by atoms with Crippen molar-refractivity contribution >= 4 is 23.4 Å². The lowest BCUT2D eigenvalue weighted by Gasteiger charge is -2.23. The van der Waals surface area contributed by atoms with Crippen LogP contribution >= 0.6 is 0 Å². The number of nitrogens with one attached hydrogen (secondary N) is 2. The Bertz CT molecular complexity index is 1570. The SMILES string of the molecule is O=C1CCCN(C(=O)c2ccc3nccn3c2)CCCNC(=O)c2ccc(F)c(c2)-c2cc(ccc2O)CCN1. The first kappa shape index (κ1) is 26.9. The molecule has 3 heterocycles. The first-order chi connectivity index (χ1) is 19.4. The number of hydrogen-bond donors (Lipinski definition) is 3. The van der Waals surface area contributed by atoms with Crippen molar-refractivity contribution in [3.05, 3.63) is 89.6 Å². The standard InChI is InChI=1S/C30H30FN5O4/c31-25-7-5-21-18-23(25)24-17-20(4-8-26(24)37)10-12-33-28(38)3-1-14-35(15-2-11-34-29(21)39)30(40)22-6-9-27-32-13-16-36(27)19-22/h4-9,13,16-19,37H,1-3,10-12,14-15H2,(H,33,38)(H,34,39). The van der Waals surface area contributed by atoms with Gasteiger partial charge < -0.3 is 25.0 Å². The lowest BCUT2D eigenvalue weighted by molar-refractivity contribution is -0.121. The summed E-state index contributed by atoms with van der Waals surface area (Å²) in [5.74, 6) is -1.35. The molecule has 2 aromatic heterocycles. The van der Waals surface area contributed by atoms with E-state index in [1.165, 1.54) is 24.3 Å². The fourth-order valence-electron chi connectivity index (χ4n) is 4.81. The van der Waals surface area contributed by atoms with Crippen LogP contribution in [-0.4, -0.2) is 63.3 Å². The first-order valence-electron chi connectivity index (χ1n) is 13.3. The van der Waals surface area contributed by atoms with E-state index in [9.17, 15) is 23.9 Å². The molecule has 4 aromatic rings. The Labute approximate surface area is 230 Å². The fourth-order valence-corrected chi connectivity index (χ4v) is 4.81. The van der Waals surface area contributed by atoms with Crippen LogP contribution in [0.15, 0.2) is 67.1 Å². The molecule has 0 radical (unpaired) electrons. The van der Waals surface area contributed by atoms with Crippen molar-refractivity contribution in [2.24, 2.45) is 0 Å². The third-order valence-electron chi connectivity index (χ3n) is 6.96. The lowest BCUT2D eigenvalue weighted by Crippen LogP contribution is -2.36. The van der Waals surface area contributed by atoms with E-state index < -0.39 is 5.82 Å². The second kappa shape index (κ2) is 12.0. The van der Waals surface area contributed by atoms with Crippen LogP contribution in [-0.2, 0) is 11.2 Å². The number of pyridine rings is 1. The Hall–Kier alpha value is -4.73. The maximum Gasteiger partial charge on any atom is 0.255 e. The highest BCUT2D eigenvalue weighted by Gasteiger charge is 2.18. The molecule has 40 heavy (non-hydrogen) atoms. The highest BCUT2D eigenvalue weighted by atomic mass is 19.1. The number of fused-ring (bicyclic) bond motifs is 6. The van der Waals surface area contributed by atoms with E-state index >= 15 is 0 Å². The molecule has 1 aliphatic rings. The highest BCUT2D eigenvalue weighted by molar-refractivity contribution is 5.96. The maximum absolute atomic E-state index is 14.8. The van der Waals surface area contributed by atoms with Crippen LogP contribution < -0.4 is 10.6 Å². The molecular formula is C30H30FN5O4. The molecule has 0 atom stereocenters. The van der Waals surface area contributed by atoms with Crippen LogP contribution in [0.25, 0.3) is 16.8 Å². The zero-order valence-corrected chi connectivity index (χ0v) is 21.9. The molecule has 0 saturated carbocycles. The summed E-state index contributed by atoms with van der Waals surface area (Å²) in [5.41, 5.74) is 2.68. The Morgan fingerprint density at radius 1 is 0.925 bits per heavy atom. The third kappa shape index (κ3) is 6.12. The summed E-state index contributed by atoms with van der Waals surface area (Å²) in [5, 5.41) is 16.2. The van der Waals surface area contributed by atoms with Gasteiger partial charge in [-0.3, -0.25) is 14.4 Å². The van der Waals surface area contributed by atoms with E-state index in [4.69, 9.17) is 0 Å². The zero-order valence-electron chi connectivity index (χ0n) is 21.9. The Morgan fingerprint density at radius 3 is 2.65 bits per heavy atom. The van der Waals surface area contributed by atoms with Gasteiger partial charge in [-0.2, -0.15) is 0 Å². The molecule has 0 spiro atoms. The Balaban J connectivity index is 1.36. The van der Waals surface area contributed by atoms with E-state index in [2.05, 4.69) is 15.6 Å². The van der Waals surface area contributed by atoms with Crippen molar-refractivity contribution < 1.29 is 23.9 Å². The second-order valence-corrected chi connectivity index (χ2v) is 9.76. The van der Waals surface area contributed by atoms with Crippen molar-refractivity contribution in [2.45, 2.75) is 25.7 Å². The smallest absolute Gasteiger partial charge is 0.255 e. The summed E-state index contributed by atoms with van der Waals surface area (Å²) in [6.45, 7) is 1.40. The number of imidazole rings is 1. The molecule has 5 rings (SSSR count). The summed E-state index contributed by atoms with van der Waals surface area (Å²) >= 11 is 0. The molecule has 9 nitrogen and oxygen atoms in total. The molecule has 0 aliphatic carbocycles. The molecule has 0 saturated heterocycles. The zero-order chi connectivity index (χ0) is 28.1. The number of amides is 3. The largest absolute Gasteiger partial charge is 0.507 e. The van der Waals surface area contributed by atoms with Crippen LogP contribution in [0, 0.1) is 5.82 Å². The monoisotopic (exact) mass is 543 g/mol. The van der Waals surface area contributed by atoms with Gasteiger partial charge in [-0.1, -0.05) is 6.07 Å². The third-order valence-corrected chi connectivity index (χ3v) is 6.96. The lowest BCUT2D eigenvalue weighted by atomic mass is 9.98. The minimum Gasteiger partial charge on any atom is -0.507 e. The molecule has 3 amide bonds. The second-order valence-electron chi connectivity index (χ2n) is 9.76. The van der Waals surface area contributed by atoms with Gasteiger partial charge in [0.25, 0.3) is 11.8 Å². The number of rotatable bonds is 1. The van der Waals surface area contributed by atoms with Crippen molar-refractivity contribution in [2.75, 3.05) is 26.2 Å². The average molecular weight is 544 g/mol. The van der Waals surface area contributed by atoms with Crippen molar-refractivity contribution in [1.82, 2.24) is 24.9 Å². The number of hydrogen-bond acceptors (Lipinski definition) is 5. The minimum absolute atomic E-state index is 0.105. The van der Waals surface area contributed by atoms with Crippen LogP contribution in [0.2, 0.25) is 0 Å². The summed E-state index contributed by atoms with van der Waals surface area (Å²) in [7, 11) is 0. The summed E-state index contributed by atoms with van der Waals surface area (Å²) in [6, 6.07) is 12.4. The van der Waals surface area contributed by atoms with Gasteiger partial charge in [-0.25, -0.2) is 9.37 Å². The number of aromatic hydroxyl groups is 1. The topological polar surface area (TPSA) is 116 Å². The number of halogens is 1. The van der Waals surface area contributed by atoms with Gasteiger partial charge in [0.2, 0.25) is 5.91 Å². The van der Waals surface area contributed by atoms with E-state index in [0.717, 1.165) is 11.2 Å². The van der Waals surface area contributed by atoms with E-state index in [-0.39, 0.29) is 53.1 Å². The molecule has 206 valence electrons. The van der Waals surface area contributed by atoms with Gasteiger partial charge in [-0.15, -0.1) is 0 Å². The number of aromatic nitrogens is 2. The Morgan fingerprint density at radius 2 is 1.77 bits per heavy atom. The maximum atomic E-state index is 14.8. The molecule has 0 unspecified atom stereocenters. The molecule has 4 bridgehead atoms. The minimum atomic E-state index is -0.564. The number of benzene rings is 2. The summed E-state index contributed by atoms with van der Waals surface area (Å²) in [4.78, 5) is 44.7. The number of phenols is 1. The first-order valence-corrected chi connectivity index (χ1v) is 13.3. The summed E-state index contributed by atoms with van der Waals surface area (Å²) < 4.78 is 16.6. The molecule has 0 fully saturated rings. The number of carbonyl (C=O) groups excluding carboxylic acids is 3. The van der Waals surface area contributed by atoms with E-state index in [1.54, 1.807) is 52.2 Å². The highest BCUT2D eigenvalue weighted by Crippen LogP contribution is 2.33. The van der Waals surface area contributed by atoms with Crippen LogP contribution in [0.4, 0.5) is 4.39 Å². The predicted molar refractivity (Wildman–Crippen MR) is 147 cm³/mol. The van der Waals surface area contributed by atoms with E-state index in [0.29, 0.717) is 44.5 Å². The van der Waals surface area contributed by atoms with Gasteiger partial charge in [-0.05, 0) is 67.3 Å². The Kier molecular flexibility index (Phi) is 8.04. The van der Waals surface area contributed by atoms with Crippen molar-refractivity contribution in [3.63, 3.8) is 0 Å². The van der Waals surface area contributed by atoms with Crippen molar-refractivity contribution in [3.8, 4) is 16.9 Å². The predicted octanol–water partition coefficient (Wildman–Crippen LogP) is 3.56. The molecule has 1 aliphatic heterocycles. The van der Waals surface area contributed by atoms with Crippen molar-refractivity contribution in [1.29, 1.82) is 0 Å². The van der Waals surface area contributed by atoms with Gasteiger partial charge in [0.05, 0.1) is 5.56 Å². The molecule has 2 aromatic carbocycles. The molecule has 3 N–H and O–H groups in total. The number of carbonyl (C=O) groups is 3. The fraction of sp³-hybridized carbons (Fsp3) is 0.267. The van der Waals surface area contributed by atoms with Gasteiger partial charge >= 0.3 is 0 Å². The van der Waals surface area contributed by atoms with Crippen LogP contribution in [0.5, 0.6) is 5.75 Å².